The molecule has 0 fully saturated rings. The highest BCUT2D eigenvalue weighted by Crippen LogP contribution is 2.19. The minimum absolute atomic E-state index is 0.360. The van der Waals surface area contributed by atoms with Crippen LogP contribution in [0.15, 0.2) is 0 Å². The molecule has 0 bridgehead atoms. The van der Waals surface area contributed by atoms with Crippen LogP contribution >= 0.6 is 0 Å². The van der Waals surface area contributed by atoms with Crippen LogP contribution in [0.2, 0.25) is 0 Å². The molecular weight excluding hydrogens is 372 g/mol. The van der Waals surface area contributed by atoms with Crippen LogP contribution in [0.4, 0.5) is 0 Å². The van der Waals surface area contributed by atoms with E-state index in [2.05, 4.69) is 6.92 Å². The molecule has 4 nitrogen and oxygen atoms in total. The first-order valence-electron chi connectivity index (χ1n) is 12.1. The lowest BCUT2D eigenvalue weighted by molar-refractivity contribution is 0.147. The molecular formula is C23H48O4S. The van der Waals surface area contributed by atoms with Gasteiger partial charge in [-0.25, -0.2) is 0 Å². The Balaban J connectivity index is 3.53. The van der Waals surface area contributed by atoms with Crippen LogP contribution in [-0.4, -0.2) is 29.4 Å². The van der Waals surface area contributed by atoms with Gasteiger partial charge in [-0.2, -0.15) is 8.42 Å². The highest BCUT2D eigenvalue weighted by atomic mass is 32.2. The van der Waals surface area contributed by atoms with Gasteiger partial charge in [-0.1, -0.05) is 110 Å². The first kappa shape index (κ1) is 27.9. The van der Waals surface area contributed by atoms with E-state index in [0.717, 1.165) is 32.1 Å². The van der Waals surface area contributed by atoms with E-state index in [1.54, 1.807) is 0 Å². The summed E-state index contributed by atoms with van der Waals surface area (Å²) in [5, 5.41) is 9.38. The van der Waals surface area contributed by atoms with E-state index in [1.807, 2.05) is 6.92 Å². The van der Waals surface area contributed by atoms with Crippen molar-refractivity contribution in [3.63, 3.8) is 0 Å². The molecule has 0 amide bonds. The lowest BCUT2D eigenvalue weighted by Gasteiger charge is -2.16. The molecule has 0 saturated carbocycles. The van der Waals surface area contributed by atoms with Gasteiger partial charge in [-0.05, 0) is 25.7 Å². The molecule has 170 valence electrons. The molecule has 28 heavy (non-hydrogen) atoms. The molecule has 0 aromatic carbocycles. The zero-order chi connectivity index (χ0) is 21.1. The van der Waals surface area contributed by atoms with Gasteiger partial charge in [-0.15, -0.1) is 0 Å². The van der Waals surface area contributed by atoms with Crippen molar-refractivity contribution in [3.05, 3.63) is 0 Å². The maximum absolute atomic E-state index is 11.4. The Kier molecular flexibility index (Phi) is 18.8. The first-order chi connectivity index (χ1) is 13.4. The van der Waals surface area contributed by atoms with Crippen LogP contribution in [0.25, 0.3) is 0 Å². The number of aliphatic hydroxyl groups excluding tert-OH is 1. The van der Waals surface area contributed by atoms with Crippen molar-refractivity contribution in [2.24, 2.45) is 0 Å². The molecule has 0 aromatic heterocycles. The van der Waals surface area contributed by atoms with Crippen LogP contribution in [0, 0.1) is 0 Å². The molecule has 0 aliphatic carbocycles. The average molecular weight is 421 g/mol. The van der Waals surface area contributed by atoms with Gasteiger partial charge in [0.05, 0.1) is 11.4 Å². The Morgan fingerprint density at radius 2 is 1.00 bits per heavy atom. The average Bonchev–Trinajstić information content (AvgIpc) is 2.64. The predicted molar refractivity (Wildman–Crippen MR) is 120 cm³/mol. The van der Waals surface area contributed by atoms with Gasteiger partial charge in [0.1, 0.15) is 0 Å². The van der Waals surface area contributed by atoms with E-state index >= 15 is 0 Å². The molecule has 5 heteroatoms. The summed E-state index contributed by atoms with van der Waals surface area (Å²) in [6.07, 6.45) is 20.3. The summed E-state index contributed by atoms with van der Waals surface area (Å²) in [4.78, 5) is 0. The van der Waals surface area contributed by atoms with Crippen LogP contribution in [0.5, 0.6) is 0 Å². The monoisotopic (exact) mass is 420 g/mol. The van der Waals surface area contributed by atoms with Crippen molar-refractivity contribution in [2.45, 2.75) is 147 Å². The summed E-state index contributed by atoms with van der Waals surface area (Å²) in [6, 6.07) is 0. The van der Waals surface area contributed by atoms with Crippen LogP contribution in [0.3, 0.4) is 0 Å². The Morgan fingerprint density at radius 1 is 0.571 bits per heavy atom. The molecule has 0 aromatic rings. The van der Waals surface area contributed by atoms with Crippen LogP contribution in [-0.2, 0) is 10.1 Å². The zero-order valence-corrected chi connectivity index (χ0v) is 19.5. The molecule has 0 radical (unpaired) electrons. The minimum Gasteiger partial charge on any atom is -0.393 e. The largest absolute Gasteiger partial charge is 0.393 e. The number of hydrogen-bond donors (Lipinski definition) is 2. The second kappa shape index (κ2) is 18.9. The van der Waals surface area contributed by atoms with Gasteiger partial charge in [0, 0.05) is 0 Å². The SMILES string of the molecule is CCCCCCCCCCCCCCCC(O)CCC(CCCC)S(=O)(=O)O. The molecule has 0 heterocycles. The predicted octanol–water partition coefficient (Wildman–Crippen LogP) is 7.06. The van der Waals surface area contributed by atoms with Crippen molar-refractivity contribution < 1.29 is 18.1 Å². The third-order valence-corrected chi connectivity index (χ3v) is 7.08. The summed E-state index contributed by atoms with van der Waals surface area (Å²) in [6.45, 7) is 4.26. The maximum atomic E-state index is 11.4. The van der Waals surface area contributed by atoms with Gasteiger partial charge in [0.15, 0.2) is 0 Å². The van der Waals surface area contributed by atoms with Crippen LogP contribution < -0.4 is 0 Å². The van der Waals surface area contributed by atoms with Crippen molar-refractivity contribution in [2.75, 3.05) is 0 Å². The minimum atomic E-state index is -3.99. The second-order valence-corrected chi connectivity index (χ2v) is 10.2. The van der Waals surface area contributed by atoms with Gasteiger partial charge in [-0.3, -0.25) is 4.55 Å². The molecule has 0 rings (SSSR count). The van der Waals surface area contributed by atoms with Crippen molar-refractivity contribution >= 4 is 10.1 Å². The Morgan fingerprint density at radius 3 is 1.43 bits per heavy atom. The van der Waals surface area contributed by atoms with Crippen molar-refractivity contribution in [1.29, 1.82) is 0 Å². The summed E-state index contributed by atoms with van der Waals surface area (Å²) < 4.78 is 32.1. The fraction of sp³-hybridized carbons (Fsp3) is 1.00. The summed E-state index contributed by atoms with van der Waals surface area (Å²) >= 11 is 0. The van der Waals surface area contributed by atoms with Crippen molar-refractivity contribution in [1.82, 2.24) is 0 Å². The molecule has 2 unspecified atom stereocenters. The third-order valence-electron chi connectivity index (χ3n) is 5.76. The molecule has 0 saturated heterocycles. The van der Waals surface area contributed by atoms with Gasteiger partial charge in [0.25, 0.3) is 10.1 Å². The van der Waals surface area contributed by atoms with E-state index < -0.39 is 21.5 Å². The highest BCUT2D eigenvalue weighted by Gasteiger charge is 2.23. The Labute approximate surface area is 175 Å². The van der Waals surface area contributed by atoms with Crippen molar-refractivity contribution in [3.8, 4) is 0 Å². The van der Waals surface area contributed by atoms with E-state index in [9.17, 15) is 18.1 Å². The molecule has 0 aliphatic rings. The lowest BCUT2D eigenvalue weighted by atomic mass is 10.0. The Bertz CT molecular complexity index is 422. The number of hydrogen-bond acceptors (Lipinski definition) is 3. The summed E-state index contributed by atoms with van der Waals surface area (Å²) in [5.74, 6) is 0. The van der Waals surface area contributed by atoms with Gasteiger partial charge < -0.3 is 5.11 Å². The molecule has 0 aliphatic heterocycles. The van der Waals surface area contributed by atoms with E-state index in [-0.39, 0.29) is 0 Å². The molecule has 2 atom stereocenters. The van der Waals surface area contributed by atoms with Gasteiger partial charge in [0.2, 0.25) is 0 Å². The van der Waals surface area contributed by atoms with E-state index in [4.69, 9.17) is 0 Å². The lowest BCUT2D eigenvalue weighted by Crippen LogP contribution is -2.22. The number of unbranched alkanes of at least 4 members (excludes halogenated alkanes) is 13. The smallest absolute Gasteiger partial charge is 0.267 e. The van der Waals surface area contributed by atoms with E-state index in [1.165, 1.54) is 70.6 Å². The standard InChI is InChI=1S/C23H48O4S/c1-3-5-7-8-9-10-11-12-13-14-15-16-17-18-22(24)20-21-23(19-6-4-2)28(25,26)27/h22-24H,3-21H2,1-2H3,(H,25,26,27). The molecule has 2 N–H and O–H groups in total. The quantitative estimate of drug-likeness (QED) is 0.154. The fourth-order valence-electron chi connectivity index (χ4n) is 3.79. The first-order valence-corrected chi connectivity index (χ1v) is 13.6. The third kappa shape index (κ3) is 17.9. The van der Waals surface area contributed by atoms with Gasteiger partial charge >= 0.3 is 0 Å². The molecule has 0 spiro atoms. The fourth-order valence-corrected chi connectivity index (χ4v) is 4.69. The summed E-state index contributed by atoms with van der Waals surface area (Å²) in [7, 11) is -3.99. The highest BCUT2D eigenvalue weighted by molar-refractivity contribution is 7.86. The number of rotatable bonds is 21. The summed E-state index contributed by atoms with van der Waals surface area (Å²) in [5.41, 5.74) is 0. The Hall–Kier alpha value is -0.130. The maximum Gasteiger partial charge on any atom is 0.267 e. The number of aliphatic hydroxyl groups is 1. The second-order valence-electron chi connectivity index (χ2n) is 8.54. The topological polar surface area (TPSA) is 74.6 Å². The normalized spacial score (nSPS) is 14.3. The van der Waals surface area contributed by atoms with E-state index in [0.29, 0.717) is 19.3 Å². The zero-order valence-electron chi connectivity index (χ0n) is 18.7. The van der Waals surface area contributed by atoms with Crippen LogP contribution in [0.1, 0.15) is 136 Å².